The van der Waals surface area contributed by atoms with Crippen molar-refractivity contribution in [3.05, 3.63) is 29.6 Å². The van der Waals surface area contributed by atoms with Gasteiger partial charge in [0, 0.05) is 39.3 Å². The third-order valence-corrected chi connectivity index (χ3v) is 5.33. The van der Waals surface area contributed by atoms with Gasteiger partial charge in [-0.25, -0.2) is 9.18 Å². The van der Waals surface area contributed by atoms with Crippen LogP contribution < -0.4 is 10.2 Å². The molecule has 1 unspecified atom stereocenters. The number of carbonyl (C=O) groups is 1. The standard InChI is InChI=1S/C20H30FN3O3/c1-2-27-17-4-3-9-24(14-17)20(26)22-13-15-5-6-19(18(21)12-15)23-10-7-16(25)8-11-23/h5-6,12,16-17,25H,2-4,7-11,13-14H2,1H3,(H,22,26). The smallest absolute Gasteiger partial charge is 0.317 e. The van der Waals surface area contributed by atoms with Crippen molar-refractivity contribution in [2.45, 2.75) is 51.4 Å². The average Bonchev–Trinajstić information content (AvgIpc) is 2.67. The summed E-state index contributed by atoms with van der Waals surface area (Å²) in [4.78, 5) is 16.1. The van der Waals surface area contributed by atoms with Crippen molar-refractivity contribution >= 4 is 11.7 Å². The molecule has 1 aromatic carbocycles. The Hall–Kier alpha value is -1.86. The zero-order valence-electron chi connectivity index (χ0n) is 16.0. The number of nitrogens with one attached hydrogen (secondary N) is 1. The lowest BCUT2D eigenvalue weighted by atomic mass is 10.1. The lowest BCUT2D eigenvalue weighted by Crippen LogP contribution is -2.47. The van der Waals surface area contributed by atoms with E-state index in [1.165, 1.54) is 6.07 Å². The van der Waals surface area contributed by atoms with Gasteiger partial charge in [0.1, 0.15) is 5.82 Å². The minimum Gasteiger partial charge on any atom is -0.393 e. The van der Waals surface area contributed by atoms with Crippen molar-refractivity contribution in [1.29, 1.82) is 0 Å². The summed E-state index contributed by atoms with van der Waals surface area (Å²) in [6.07, 6.45) is 3.07. The van der Waals surface area contributed by atoms with E-state index in [0.717, 1.165) is 24.9 Å². The molecule has 2 aliphatic heterocycles. The van der Waals surface area contributed by atoms with Crippen LogP contribution in [0.25, 0.3) is 0 Å². The maximum Gasteiger partial charge on any atom is 0.317 e. The van der Waals surface area contributed by atoms with Crippen LogP contribution in [-0.4, -0.2) is 61.0 Å². The summed E-state index contributed by atoms with van der Waals surface area (Å²) < 4.78 is 20.1. The number of anilines is 1. The normalized spacial score (nSPS) is 21.4. The number of aliphatic hydroxyl groups excluding tert-OH is 1. The maximum absolute atomic E-state index is 14.5. The van der Waals surface area contributed by atoms with Crippen molar-refractivity contribution in [2.24, 2.45) is 0 Å². The van der Waals surface area contributed by atoms with Crippen LogP contribution in [0.1, 0.15) is 38.2 Å². The highest BCUT2D eigenvalue weighted by Crippen LogP contribution is 2.24. The van der Waals surface area contributed by atoms with Crippen molar-refractivity contribution < 1.29 is 19.0 Å². The molecule has 27 heavy (non-hydrogen) atoms. The molecule has 2 fully saturated rings. The number of aliphatic hydroxyl groups is 1. The second-order valence-electron chi connectivity index (χ2n) is 7.33. The quantitative estimate of drug-likeness (QED) is 0.825. The highest BCUT2D eigenvalue weighted by atomic mass is 19.1. The lowest BCUT2D eigenvalue weighted by molar-refractivity contribution is 0.0164. The Labute approximate surface area is 160 Å². The van der Waals surface area contributed by atoms with Gasteiger partial charge in [-0.15, -0.1) is 0 Å². The molecule has 3 rings (SSSR count). The minimum atomic E-state index is -0.285. The van der Waals surface area contributed by atoms with Crippen LogP contribution in [0.2, 0.25) is 0 Å². The molecule has 0 radical (unpaired) electrons. The summed E-state index contributed by atoms with van der Waals surface area (Å²) >= 11 is 0. The Morgan fingerprint density at radius 3 is 2.78 bits per heavy atom. The van der Waals surface area contributed by atoms with Crippen LogP contribution in [0, 0.1) is 5.82 Å². The Morgan fingerprint density at radius 2 is 2.07 bits per heavy atom. The Bertz CT molecular complexity index is 633. The number of nitrogens with zero attached hydrogens (tertiary/aromatic N) is 2. The summed E-state index contributed by atoms with van der Waals surface area (Å²) in [6, 6.07) is 4.97. The van der Waals surface area contributed by atoms with E-state index < -0.39 is 0 Å². The average molecular weight is 379 g/mol. The Morgan fingerprint density at radius 1 is 1.30 bits per heavy atom. The zero-order valence-corrected chi connectivity index (χ0v) is 16.0. The SMILES string of the molecule is CCOC1CCCN(C(=O)NCc2ccc(N3CCC(O)CC3)c(F)c2)C1. The number of likely N-dealkylation sites (tertiary alicyclic amines) is 1. The number of benzene rings is 1. The zero-order chi connectivity index (χ0) is 19.2. The van der Waals surface area contributed by atoms with Crippen LogP contribution in [0.4, 0.5) is 14.9 Å². The number of halogens is 1. The van der Waals surface area contributed by atoms with Gasteiger partial charge in [-0.2, -0.15) is 0 Å². The Kier molecular flexibility index (Phi) is 6.90. The molecule has 0 spiro atoms. The fourth-order valence-corrected chi connectivity index (χ4v) is 3.81. The molecule has 1 atom stereocenters. The first-order chi connectivity index (χ1) is 13.1. The number of rotatable bonds is 5. The molecule has 2 heterocycles. The number of carbonyl (C=O) groups excluding carboxylic acids is 1. The third-order valence-electron chi connectivity index (χ3n) is 5.33. The first kappa shape index (κ1) is 19.9. The van der Waals surface area contributed by atoms with Crippen molar-refractivity contribution in [3.8, 4) is 0 Å². The predicted molar refractivity (Wildman–Crippen MR) is 102 cm³/mol. The second kappa shape index (κ2) is 9.37. The molecule has 2 saturated heterocycles. The molecule has 2 amide bonds. The van der Waals surface area contributed by atoms with E-state index in [1.54, 1.807) is 11.0 Å². The predicted octanol–water partition coefficient (Wildman–Crippen LogP) is 2.50. The number of hydrogen-bond donors (Lipinski definition) is 2. The molecule has 2 aliphatic rings. The van der Waals surface area contributed by atoms with Crippen molar-refractivity contribution in [1.82, 2.24) is 10.2 Å². The monoisotopic (exact) mass is 379 g/mol. The topological polar surface area (TPSA) is 65.0 Å². The summed E-state index contributed by atoms with van der Waals surface area (Å²) in [5.74, 6) is -0.285. The van der Waals surface area contributed by atoms with Crippen LogP contribution >= 0.6 is 0 Å². The van der Waals surface area contributed by atoms with Crippen LogP contribution in [0.5, 0.6) is 0 Å². The number of ether oxygens (including phenoxy) is 1. The maximum atomic E-state index is 14.5. The first-order valence-electron chi connectivity index (χ1n) is 9.92. The molecule has 0 aliphatic carbocycles. The number of piperidine rings is 2. The molecule has 0 saturated carbocycles. The molecular formula is C20H30FN3O3. The number of hydrogen-bond acceptors (Lipinski definition) is 4. The van der Waals surface area contributed by atoms with Crippen molar-refractivity contribution in [3.63, 3.8) is 0 Å². The molecule has 1 aromatic rings. The van der Waals surface area contributed by atoms with E-state index in [1.807, 2.05) is 17.9 Å². The lowest BCUT2D eigenvalue weighted by Gasteiger charge is -2.32. The van der Waals surface area contributed by atoms with Gasteiger partial charge in [0.2, 0.25) is 0 Å². The van der Waals surface area contributed by atoms with Gasteiger partial charge in [-0.3, -0.25) is 0 Å². The van der Waals surface area contributed by atoms with Gasteiger partial charge in [-0.05, 0) is 50.3 Å². The fraction of sp³-hybridized carbons (Fsp3) is 0.650. The van der Waals surface area contributed by atoms with Gasteiger partial charge in [-0.1, -0.05) is 6.07 Å². The third kappa shape index (κ3) is 5.32. The van der Waals surface area contributed by atoms with E-state index in [2.05, 4.69) is 5.32 Å². The van der Waals surface area contributed by atoms with E-state index in [-0.39, 0.29) is 24.1 Å². The van der Waals surface area contributed by atoms with E-state index in [9.17, 15) is 14.3 Å². The largest absolute Gasteiger partial charge is 0.393 e. The van der Waals surface area contributed by atoms with E-state index in [4.69, 9.17) is 4.74 Å². The molecule has 7 heteroatoms. The summed E-state index contributed by atoms with van der Waals surface area (Å²) in [7, 11) is 0. The van der Waals surface area contributed by atoms with Crippen LogP contribution in [0.3, 0.4) is 0 Å². The van der Waals surface area contributed by atoms with E-state index in [0.29, 0.717) is 51.3 Å². The summed E-state index contributed by atoms with van der Waals surface area (Å²) in [5.41, 5.74) is 1.30. The summed E-state index contributed by atoms with van der Waals surface area (Å²) in [6.45, 7) is 5.56. The molecule has 6 nitrogen and oxygen atoms in total. The number of urea groups is 1. The van der Waals surface area contributed by atoms with Gasteiger partial charge in [0.25, 0.3) is 0 Å². The molecular weight excluding hydrogens is 349 g/mol. The Balaban J connectivity index is 1.52. The summed E-state index contributed by atoms with van der Waals surface area (Å²) in [5, 5.41) is 12.5. The molecule has 0 aromatic heterocycles. The second-order valence-corrected chi connectivity index (χ2v) is 7.33. The van der Waals surface area contributed by atoms with Gasteiger partial charge < -0.3 is 25.0 Å². The molecule has 2 N–H and O–H groups in total. The highest BCUT2D eigenvalue weighted by molar-refractivity contribution is 5.74. The van der Waals surface area contributed by atoms with Crippen LogP contribution in [0.15, 0.2) is 18.2 Å². The number of amides is 2. The van der Waals surface area contributed by atoms with Crippen LogP contribution in [-0.2, 0) is 11.3 Å². The van der Waals surface area contributed by atoms with E-state index >= 15 is 0 Å². The molecule has 0 bridgehead atoms. The minimum absolute atomic E-state index is 0.106. The fourth-order valence-electron chi connectivity index (χ4n) is 3.81. The van der Waals surface area contributed by atoms with Gasteiger partial charge in [0.15, 0.2) is 0 Å². The first-order valence-corrected chi connectivity index (χ1v) is 9.92. The van der Waals surface area contributed by atoms with Crippen molar-refractivity contribution in [2.75, 3.05) is 37.7 Å². The van der Waals surface area contributed by atoms with Gasteiger partial charge in [0.05, 0.1) is 17.9 Å². The highest BCUT2D eigenvalue weighted by Gasteiger charge is 2.24. The van der Waals surface area contributed by atoms with Gasteiger partial charge >= 0.3 is 6.03 Å². The molecule has 150 valence electrons.